The molecule has 0 aromatic carbocycles. The first-order chi connectivity index (χ1) is 8.24. The first kappa shape index (κ1) is 11.2. The van der Waals surface area contributed by atoms with Crippen LogP contribution in [0.3, 0.4) is 0 Å². The van der Waals surface area contributed by atoms with Gasteiger partial charge in [-0.2, -0.15) is 0 Å². The molecule has 2 aromatic rings. The average Bonchev–Trinajstić information content (AvgIpc) is 2.88. The highest BCUT2D eigenvalue weighted by atomic mass is 32.1. The number of amides is 1. The Bertz CT molecular complexity index is 517. The summed E-state index contributed by atoms with van der Waals surface area (Å²) in [5, 5.41) is 11.6. The van der Waals surface area contributed by atoms with Crippen molar-refractivity contribution in [2.75, 3.05) is 13.1 Å². The van der Waals surface area contributed by atoms with E-state index in [4.69, 9.17) is 0 Å². The molecule has 2 aromatic heterocycles. The van der Waals surface area contributed by atoms with E-state index in [0.717, 1.165) is 24.3 Å². The van der Waals surface area contributed by atoms with Gasteiger partial charge >= 0.3 is 0 Å². The second-order valence-corrected chi connectivity index (χ2v) is 6.34. The van der Waals surface area contributed by atoms with Crippen LogP contribution in [0.1, 0.15) is 22.5 Å². The Labute approximate surface area is 107 Å². The van der Waals surface area contributed by atoms with Crippen LogP contribution in [0.5, 0.6) is 0 Å². The number of carbonyl (C=O) groups excluding carboxylic acids is 1. The molecule has 3 nitrogen and oxygen atoms in total. The summed E-state index contributed by atoms with van der Waals surface area (Å²) in [7, 11) is 0. The van der Waals surface area contributed by atoms with Crippen molar-refractivity contribution in [1.82, 2.24) is 4.90 Å². The number of thiophene rings is 2. The molecule has 0 radical (unpaired) electrons. The van der Waals surface area contributed by atoms with E-state index in [1.807, 2.05) is 17.5 Å². The lowest BCUT2D eigenvalue weighted by atomic mass is 10.1. The van der Waals surface area contributed by atoms with Crippen molar-refractivity contribution in [2.45, 2.75) is 18.9 Å². The summed E-state index contributed by atoms with van der Waals surface area (Å²) >= 11 is 3.21. The average molecular weight is 267 g/mol. The van der Waals surface area contributed by atoms with Gasteiger partial charge in [0.2, 0.25) is 0 Å². The first-order valence-corrected chi connectivity index (χ1v) is 7.38. The number of rotatable bonds is 1. The second-order valence-electron chi connectivity index (χ2n) is 4.31. The highest BCUT2D eigenvalue weighted by Gasteiger charge is 2.24. The van der Waals surface area contributed by atoms with Crippen LogP contribution in [-0.2, 0) is 0 Å². The van der Waals surface area contributed by atoms with Crippen molar-refractivity contribution in [3.8, 4) is 0 Å². The molecule has 1 unspecified atom stereocenters. The molecule has 1 N–H and O–H groups in total. The number of hydrogen-bond acceptors (Lipinski definition) is 4. The quantitative estimate of drug-likeness (QED) is 0.862. The van der Waals surface area contributed by atoms with Gasteiger partial charge in [0.1, 0.15) is 0 Å². The lowest BCUT2D eigenvalue weighted by Crippen LogP contribution is -2.41. The number of β-amino-alcohol motifs (C(OH)–C–C–N with tert-alkyl or cyclic N) is 1. The maximum Gasteiger partial charge on any atom is 0.264 e. The van der Waals surface area contributed by atoms with Crippen LogP contribution in [0.25, 0.3) is 9.40 Å². The van der Waals surface area contributed by atoms with Crippen LogP contribution in [0.4, 0.5) is 0 Å². The normalized spacial score (nSPS) is 21.0. The second kappa shape index (κ2) is 4.40. The smallest absolute Gasteiger partial charge is 0.264 e. The fourth-order valence-corrected chi connectivity index (χ4v) is 4.24. The van der Waals surface area contributed by atoms with Crippen LogP contribution >= 0.6 is 22.7 Å². The van der Waals surface area contributed by atoms with Gasteiger partial charge in [-0.1, -0.05) is 0 Å². The highest BCUT2D eigenvalue weighted by molar-refractivity contribution is 7.27. The van der Waals surface area contributed by atoms with E-state index in [1.165, 1.54) is 9.40 Å². The third-order valence-electron chi connectivity index (χ3n) is 3.03. The topological polar surface area (TPSA) is 40.5 Å². The molecule has 1 fully saturated rings. The van der Waals surface area contributed by atoms with Crippen LogP contribution in [0, 0.1) is 0 Å². The van der Waals surface area contributed by atoms with E-state index < -0.39 is 0 Å². The number of aliphatic hydroxyl groups is 1. The standard InChI is InChI=1S/C12H13NO2S2/c14-8-2-1-4-13(7-8)12(15)11-6-10-9(17-11)3-5-16-10/h3,5-6,8,14H,1-2,4,7H2. The van der Waals surface area contributed by atoms with Crippen molar-refractivity contribution in [3.05, 3.63) is 22.4 Å². The number of aliphatic hydroxyl groups excluding tert-OH is 1. The molecule has 1 aliphatic rings. The zero-order valence-electron chi connectivity index (χ0n) is 9.26. The van der Waals surface area contributed by atoms with Gasteiger partial charge in [0.25, 0.3) is 5.91 Å². The van der Waals surface area contributed by atoms with Crippen molar-refractivity contribution in [1.29, 1.82) is 0 Å². The molecule has 1 saturated heterocycles. The molecule has 0 bridgehead atoms. The molecule has 3 rings (SSSR count). The Balaban J connectivity index is 1.83. The number of likely N-dealkylation sites (tertiary alicyclic amines) is 1. The van der Waals surface area contributed by atoms with E-state index in [2.05, 4.69) is 0 Å². The van der Waals surface area contributed by atoms with Crippen molar-refractivity contribution in [3.63, 3.8) is 0 Å². The van der Waals surface area contributed by atoms with Gasteiger partial charge in [-0.15, -0.1) is 22.7 Å². The Morgan fingerprint density at radius 1 is 1.47 bits per heavy atom. The zero-order valence-corrected chi connectivity index (χ0v) is 10.9. The zero-order chi connectivity index (χ0) is 11.8. The fraction of sp³-hybridized carbons (Fsp3) is 0.417. The maximum absolute atomic E-state index is 12.2. The summed E-state index contributed by atoms with van der Waals surface area (Å²) in [6.07, 6.45) is 1.35. The van der Waals surface area contributed by atoms with Gasteiger partial charge in [0.05, 0.1) is 11.0 Å². The highest BCUT2D eigenvalue weighted by Crippen LogP contribution is 2.31. The summed E-state index contributed by atoms with van der Waals surface area (Å²) in [6.45, 7) is 1.24. The number of hydrogen-bond donors (Lipinski definition) is 1. The van der Waals surface area contributed by atoms with Crippen LogP contribution in [-0.4, -0.2) is 35.1 Å². The Morgan fingerprint density at radius 3 is 3.12 bits per heavy atom. The number of piperidine rings is 1. The van der Waals surface area contributed by atoms with E-state index in [-0.39, 0.29) is 12.0 Å². The minimum Gasteiger partial charge on any atom is -0.391 e. The molecule has 1 aliphatic heterocycles. The van der Waals surface area contributed by atoms with Gasteiger partial charge in [-0.3, -0.25) is 4.79 Å². The largest absolute Gasteiger partial charge is 0.391 e. The molecule has 0 aliphatic carbocycles. The SMILES string of the molecule is O=C(c1cc2sccc2s1)N1CCCC(O)C1. The van der Waals surface area contributed by atoms with Gasteiger partial charge in [-0.25, -0.2) is 0 Å². The summed E-state index contributed by atoms with van der Waals surface area (Å²) in [4.78, 5) is 14.8. The van der Waals surface area contributed by atoms with Crippen LogP contribution in [0.15, 0.2) is 17.5 Å². The number of carbonyl (C=O) groups is 1. The minimum atomic E-state index is -0.353. The predicted octanol–water partition coefficient (Wildman–Crippen LogP) is 2.56. The van der Waals surface area contributed by atoms with Gasteiger partial charge < -0.3 is 10.0 Å². The molecule has 90 valence electrons. The Kier molecular flexibility index (Phi) is 2.90. The summed E-state index contributed by atoms with van der Waals surface area (Å²) in [5.41, 5.74) is 0. The van der Waals surface area contributed by atoms with E-state index in [1.54, 1.807) is 27.6 Å². The van der Waals surface area contributed by atoms with E-state index >= 15 is 0 Å². The Hall–Kier alpha value is -0.910. The fourth-order valence-electron chi connectivity index (χ4n) is 2.17. The van der Waals surface area contributed by atoms with Gasteiger partial charge in [0, 0.05) is 22.5 Å². The molecule has 1 amide bonds. The molecule has 0 saturated carbocycles. The minimum absolute atomic E-state index is 0.0668. The summed E-state index contributed by atoms with van der Waals surface area (Å²) in [5.74, 6) is 0.0668. The van der Waals surface area contributed by atoms with Crippen LogP contribution in [0.2, 0.25) is 0 Å². The molecule has 5 heteroatoms. The van der Waals surface area contributed by atoms with Crippen LogP contribution < -0.4 is 0 Å². The lowest BCUT2D eigenvalue weighted by molar-refractivity contribution is 0.0478. The third-order valence-corrected chi connectivity index (χ3v) is 5.12. The van der Waals surface area contributed by atoms with E-state index in [9.17, 15) is 9.90 Å². The maximum atomic E-state index is 12.2. The molecular formula is C12H13NO2S2. The summed E-state index contributed by atoms with van der Waals surface area (Å²) in [6, 6.07) is 4.01. The predicted molar refractivity (Wildman–Crippen MR) is 70.8 cm³/mol. The number of fused-ring (bicyclic) bond motifs is 1. The molecular weight excluding hydrogens is 254 g/mol. The number of nitrogens with zero attached hydrogens (tertiary/aromatic N) is 1. The van der Waals surface area contributed by atoms with E-state index in [0.29, 0.717) is 6.54 Å². The molecule has 1 atom stereocenters. The Morgan fingerprint density at radius 2 is 2.35 bits per heavy atom. The molecule has 17 heavy (non-hydrogen) atoms. The van der Waals surface area contributed by atoms with Gasteiger partial charge in [0.15, 0.2) is 0 Å². The van der Waals surface area contributed by atoms with Crippen molar-refractivity contribution >= 4 is 38.0 Å². The lowest BCUT2D eigenvalue weighted by Gasteiger charge is -2.29. The first-order valence-electron chi connectivity index (χ1n) is 5.68. The van der Waals surface area contributed by atoms with Crippen molar-refractivity contribution < 1.29 is 9.90 Å². The third kappa shape index (κ3) is 2.10. The van der Waals surface area contributed by atoms with Crippen molar-refractivity contribution in [2.24, 2.45) is 0 Å². The summed E-state index contributed by atoms with van der Waals surface area (Å²) < 4.78 is 2.35. The molecule has 3 heterocycles. The monoisotopic (exact) mass is 267 g/mol. The molecule has 0 spiro atoms. The van der Waals surface area contributed by atoms with Gasteiger partial charge in [-0.05, 0) is 30.4 Å².